The molecule has 1 saturated carbocycles. The Balaban J connectivity index is 0.000000409. The molecule has 2 fully saturated rings. The lowest BCUT2D eigenvalue weighted by Gasteiger charge is -2.26. The van der Waals surface area contributed by atoms with Crippen molar-refractivity contribution in [1.82, 2.24) is 0 Å². The second kappa shape index (κ2) is 9.37. The summed E-state index contributed by atoms with van der Waals surface area (Å²) < 4.78 is 51.0. The van der Waals surface area contributed by atoms with Crippen molar-refractivity contribution in [2.45, 2.75) is 88.2 Å². The second-order valence-corrected chi connectivity index (χ2v) is 12.2. The van der Waals surface area contributed by atoms with Crippen LogP contribution in [0.25, 0.3) is 0 Å². The first kappa shape index (κ1) is 22.9. The smallest absolute Gasteiger partial charge is 0.155 e. The number of hydrogen-bond acceptors (Lipinski definition) is 5. The summed E-state index contributed by atoms with van der Waals surface area (Å²) in [5, 5.41) is -0.600. The van der Waals surface area contributed by atoms with Crippen LogP contribution >= 0.6 is 0 Å². The van der Waals surface area contributed by atoms with Gasteiger partial charge < -0.3 is 4.74 Å². The van der Waals surface area contributed by atoms with Crippen LogP contribution in [0.4, 0.5) is 0 Å². The van der Waals surface area contributed by atoms with Crippen molar-refractivity contribution < 1.29 is 21.6 Å². The molecular formula is C16H34O5S2. The van der Waals surface area contributed by atoms with Crippen LogP contribution in [0.5, 0.6) is 0 Å². The van der Waals surface area contributed by atoms with E-state index in [1.807, 2.05) is 0 Å². The van der Waals surface area contributed by atoms with Gasteiger partial charge in [0.2, 0.25) is 0 Å². The van der Waals surface area contributed by atoms with Gasteiger partial charge >= 0.3 is 0 Å². The fourth-order valence-corrected chi connectivity index (χ4v) is 5.85. The molecule has 23 heavy (non-hydrogen) atoms. The number of hydrogen-bond donors (Lipinski definition) is 0. The van der Waals surface area contributed by atoms with E-state index in [-0.39, 0.29) is 28.4 Å². The van der Waals surface area contributed by atoms with Gasteiger partial charge in [-0.2, -0.15) is 0 Å². The molecule has 1 aliphatic carbocycles. The minimum atomic E-state index is -2.88. The third-order valence-electron chi connectivity index (χ3n) is 4.46. The molecule has 0 radical (unpaired) electrons. The predicted octanol–water partition coefficient (Wildman–Crippen LogP) is 2.99. The van der Waals surface area contributed by atoms with Crippen LogP contribution in [0, 0.1) is 0 Å². The Kier molecular flexibility index (Phi) is 9.31. The highest BCUT2D eigenvalue weighted by Crippen LogP contribution is 2.28. The molecule has 5 nitrogen and oxygen atoms in total. The van der Waals surface area contributed by atoms with Crippen molar-refractivity contribution in [1.29, 1.82) is 0 Å². The molecular weight excluding hydrogens is 336 g/mol. The normalized spacial score (nSPS) is 20.4. The van der Waals surface area contributed by atoms with Gasteiger partial charge in [-0.15, -0.1) is 0 Å². The molecule has 0 amide bonds. The van der Waals surface area contributed by atoms with Crippen LogP contribution in [0.15, 0.2) is 0 Å². The first-order chi connectivity index (χ1) is 10.1. The molecule has 1 aliphatic heterocycles. The maximum Gasteiger partial charge on any atom is 0.155 e. The van der Waals surface area contributed by atoms with Gasteiger partial charge in [-0.25, -0.2) is 16.8 Å². The Morgan fingerprint density at radius 2 is 1.09 bits per heavy atom. The molecule has 140 valence electrons. The fourth-order valence-electron chi connectivity index (χ4n) is 2.47. The molecule has 0 bridgehead atoms. The minimum Gasteiger partial charge on any atom is -0.381 e. The van der Waals surface area contributed by atoms with Crippen LogP contribution in [-0.4, -0.2) is 51.0 Å². The topological polar surface area (TPSA) is 77.5 Å². The summed E-state index contributed by atoms with van der Waals surface area (Å²) in [6, 6.07) is 0. The van der Waals surface area contributed by atoms with Crippen molar-refractivity contribution in [3.63, 3.8) is 0 Å². The Labute approximate surface area is 143 Å². The van der Waals surface area contributed by atoms with Gasteiger partial charge in [0.05, 0.1) is 21.0 Å². The Bertz CT molecular complexity index is 525. The van der Waals surface area contributed by atoms with E-state index in [1.165, 1.54) is 0 Å². The zero-order chi connectivity index (χ0) is 17.0. The molecule has 2 aliphatic rings. The quantitative estimate of drug-likeness (QED) is 0.760. The van der Waals surface area contributed by atoms with Gasteiger partial charge in [-0.1, -0.05) is 13.8 Å². The summed E-state index contributed by atoms with van der Waals surface area (Å²) in [4.78, 5) is 0. The van der Waals surface area contributed by atoms with E-state index in [0.717, 1.165) is 19.3 Å². The highest BCUT2D eigenvalue weighted by Gasteiger charge is 2.33. The molecule has 1 saturated heterocycles. The maximum atomic E-state index is 11.6. The van der Waals surface area contributed by atoms with Crippen molar-refractivity contribution in [3.05, 3.63) is 0 Å². The lowest BCUT2D eigenvalue weighted by Crippen LogP contribution is -2.33. The Hall–Kier alpha value is -0.140. The van der Waals surface area contributed by atoms with Gasteiger partial charge in [0.25, 0.3) is 0 Å². The van der Waals surface area contributed by atoms with E-state index < -0.39 is 19.7 Å². The van der Waals surface area contributed by atoms with Gasteiger partial charge in [0.15, 0.2) is 19.7 Å². The molecule has 0 atom stereocenters. The molecule has 0 aromatic carbocycles. The molecule has 1 heterocycles. The summed E-state index contributed by atoms with van der Waals surface area (Å²) in [5.74, 6) is 0. The SMILES string of the molecule is C.CC(C)S(=O)(=O)C1CCC1.CC(C)S(=O)(=O)C1CCOCC1. The second-order valence-electron chi connectivity index (χ2n) is 6.64. The van der Waals surface area contributed by atoms with Crippen molar-refractivity contribution in [2.24, 2.45) is 0 Å². The molecule has 0 N–H and O–H groups in total. The number of rotatable bonds is 4. The van der Waals surface area contributed by atoms with Gasteiger partial charge in [-0.3, -0.25) is 0 Å². The van der Waals surface area contributed by atoms with Crippen molar-refractivity contribution in [3.8, 4) is 0 Å². The van der Waals surface area contributed by atoms with Crippen LogP contribution in [0.2, 0.25) is 0 Å². The summed E-state index contributed by atoms with van der Waals surface area (Å²) in [7, 11) is -5.62. The monoisotopic (exact) mass is 370 g/mol. The van der Waals surface area contributed by atoms with E-state index in [9.17, 15) is 16.8 Å². The van der Waals surface area contributed by atoms with Crippen molar-refractivity contribution >= 4 is 19.7 Å². The Morgan fingerprint density at radius 1 is 0.739 bits per heavy atom. The highest BCUT2D eigenvalue weighted by atomic mass is 32.2. The average molecular weight is 371 g/mol. The van der Waals surface area contributed by atoms with E-state index in [2.05, 4.69) is 0 Å². The highest BCUT2D eigenvalue weighted by molar-refractivity contribution is 7.92. The largest absolute Gasteiger partial charge is 0.381 e. The predicted molar refractivity (Wildman–Crippen MR) is 96.3 cm³/mol. The van der Waals surface area contributed by atoms with E-state index in [1.54, 1.807) is 27.7 Å². The van der Waals surface area contributed by atoms with E-state index in [4.69, 9.17) is 4.74 Å². The zero-order valence-electron chi connectivity index (χ0n) is 14.1. The zero-order valence-corrected chi connectivity index (χ0v) is 15.7. The molecule has 0 spiro atoms. The van der Waals surface area contributed by atoms with Crippen LogP contribution < -0.4 is 0 Å². The van der Waals surface area contributed by atoms with Gasteiger partial charge in [-0.05, 0) is 53.4 Å². The molecule has 0 unspecified atom stereocenters. The average Bonchev–Trinajstić information content (AvgIpc) is 2.37. The number of sulfone groups is 2. The van der Waals surface area contributed by atoms with Gasteiger partial charge in [0.1, 0.15) is 0 Å². The standard InChI is InChI=1S/C8H16O3S.C7H14O2S.CH4/c1-7(2)12(9,10)8-3-5-11-6-4-8;1-6(2)10(8,9)7-4-3-5-7;/h7-8H,3-6H2,1-2H3;6-7H,3-5H2,1-2H3;1H4. The molecule has 0 aromatic rings. The lowest BCUT2D eigenvalue weighted by atomic mass is 10.00. The Morgan fingerprint density at radius 3 is 1.30 bits per heavy atom. The minimum absolute atomic E-state index is 0. The molecule has 7 heteroatoms. The molecule has 2 rings (SSSR count). The first-order valence-corrected chi connectivity index (χ1v) is 11.3. The summed E-state index contributed by atoms with van der Waals surface area (Å²) >= 11 is 0. The summed E-state index contributed by atoms with van der Waals surface area (Å²) in [6.07, 6.45) is 4.21. The number of ether oxygens (including phenoxy) is 1. The van der Waals surface area contributed by atoms with Crippen molar-refractivity contribution in [2.75, 3.05) is 13.2 Å². The van der Waals surface area contributed by atoms with E-state index >= 15 is 0 Å². The maximum absolute atomic E-state index is 11.6. The summed E-state index contributed by atoms with van der Waals surface area (Å²) in [6.45, 7) is 8.18. The third kappa shape index (κ3) is 6.02. The third-order valence-corrected chi connectivity index (χ3v) is 9.89. The van der Waals surface area contributed by atoms with Crippen LogP contribution in [-0.2, 0) is 24.4 Å². The molecule has 0 aromatic heterocycles. The van der Waals surface area contributed by atoms with Crippen LogP contribution in [0.1, 0.15) is 67.2 Å². The van der Waals surface area contributed by atoms with E-state index in [0.29, 0.717) is 26.1 Å². The van der Waals surface area contributed by atoms with Gasteiger partial charge in [0, 0.05) is 13.2 Å². The summed E-state index contributed by atoms with van der Waals surface area (Å²) in [5.41, 5.74) is 0. The fraction of sp³-hybridized carbons (Fsp3) is 1.00. The lowest BCUT2D eigenvalue weighted by molar-refractivity contribution is 0.0982. The van der Waals surface area contributed by atoms with Crippen LogP contribution in [0.3, 0.4) is 0 Å². The first-order valence-electron chi connectivity index (χ1n) is 8.13.